The van der Waals surface area contributed by atoms with Gasteiger partial charge in [-0.3, -0.25) is 0 Å². The highest BCUT2D eigenvalue weighted by Gasteiger charge is 2.52. The Morgan fingerprint density at radius 1 is 0.857 bits per heavy atom. The summed E-state index contributed by atoms with van der Waals surface area (Å²) in [5.74, 6) is 0. The summed E-state index contributed by atoms with van der Waals surface area (Å²) in [4.78, 5) is 0. The van der Waals surface area contributed by atoms with Crippen molar-refractivity contribution in [2.75, 3.05) is 6.61 Å². The summed E-state index contributed by atoms with van der Waals surface area (Å²) in [6.07, 6.45) is 0.843. The molecule has 1 fully saturated rings. The van der Waals surface area contributed by atoms with Crippen LogP contribution in [0.4, 0.5) is 0 Å². The first-order chi connectivity index (χ1) is 13.3. The standard InChI is InChI=1S/C24H31BO3/c1-6-22(25-27-23(2,3)24(4,5)28-25)21(20-15-11-8-12-16-20)18-26-17-19-13-9-7-10-14-19/h7-16H,6,17-18H2,1-5H3/b22-21+. The highest BCUT2D eigenvalue weighted by molar-refractivity contribution is 6.56. The van der Waals surface area contributed by atoms with Crippen molar-refractivity contribution in [3.63, 3.8) is 0 Å². The molecule has 2 aromatic carbocycles. The SMILES string of the molecule is CC/C(B1OC(C)(C)C(C)(C)O1)=C(/COCc1ccccc1)c1ccccc1. The van der Waals surface area contributed by atoms with Crippen molar-refractivity contribution in [2.45, 2.75) is 58.8 Å². The number of rotatable bonds is 7. The van der Waals surface area contributed by atoms with Gasteiger partial charge in [-0.1, -0.05) is 67.6 Å². The van der Waals surface area contributed by atoms with Crippen LogP contribution < -0.4 is 0 Å². The van der Waals surface area contributed by atoms with E-state index in [2.05, 4.69) is 71.0 Å². The third-order valence-electron chi connectivity index (χ3n) is 5.79. The lowest BCUT2D eigenvalue weighted by molar-refractivity contribution is 0.00578. The minimum atomic E-state index is -0.356. The van der Waals surface area contributed by atoms with Gasteiger partial charge in [0.25, 0.3) is 0 Å². The van der Waals surface area contributed by atoms with E-state index in [4.69, 9.17) is 14.0 Å². The third kappa shape index (κ3) is 4.57. The fourth-order valence-corrected chi connectivity index (χ4v) is 3.35. The first kappa shape index (κ1) is 20.8. The zero-order valence-corrected chi connectivity index (χ0v) is 17.7. The molecular formula is C24H31BO3. The Morgan fingerprint density at radius 2 is 1.39 bits per heavy atom. The molecule has 0 bridgehead atoms. The molecule has 2 aromatic rings. The van der Waals surface area contributed by atoms with Gasteiger partial charge < -0.3 is 14.0 Å². The van der Waals surface area contributed by atoms with E-state index in [1.165, 1.54) is 5.56 Å². The zero-order valence-electron chi connectivity index (χ0n) is 17.7. The maximum absolute atomic E-state index is 6.35. The summed E-state index contributed by atoms with van der Waals surface area (Å²) in [7, 11) is -0.356. The molecule has 3 nitrogen and oxygen atoms in total. The smallest absolute Gasteiger partial charge is 0.400 e. The molecule has 0 aromatic heterocycles. The first-order valence-electron chi connectivity index (χ1n) is 10.1. The van der Waals surface area contributed by atoms with Gasteiger partial charge in [0, 0.05) is 0 Å². The van der Waals surface area contributed by atoms with Gasteiger partial charge in [-0.05, 0) is 56.3 Å². The number of benzene rings is 2. The summed E-state index contributed by atoms with van der Waals surface area (Å²) in [6.45, 7) is 11.6. The molecule has 0 atom stereocenters. The van der Waals surface area contributed by atoms with Crippen LogP contribution in [-0.4, -0.2) is 24.9 Å². The highest BCUT2D eigenvalue weighted by atomic mass is 16.7. The van der Waals surface area contributed by atoms with Crippen LogP contribution >= 0.6 is 0 Å². The van der Waals surface area contributed by atoms with E-state index in [1.54, 1.807) is 0 Å². The van der Waals surface area contributed by atoms with Gasteiger partial charge in [0.2, 0.25) is 0 Å². The van der Waals surface area contributed by atoms with Crippen molar-refractivity contribution in [3.05, 3.63) is 77.3 Å². The van der Waals surface area contributed by atoms with Crippen LogP contribution in [0.3, 0.4) is 0 Å². The van der Waals surface area contributed by atoms with Crippen molar-refractivity contribution >= 4 is 12.7 Å². The normalized spacial score (nSPS) is 18.8. The van der Waals surface area contributed by atoms with E-state index in [-0.39, 0.29) is 18.3 Å². The van der Waals surface area contributed by atoms with Crippen LogP contribution in [0.1, 0.15) is 52.2 Å². The first-order valence-corrected chi connectivity index (χ1v) is 10.1. The van der Waals surface area contributed by atoms with Crippen LogP contribution in [0, 0.1) is 0 Å². The molecule has 0 spiro atoms. The molecule has 1 aliphatic heterocycles. The Hall–Kier alpha value is -1.88. The van der Waals surface area contributed by atoms with Gasteiger partial charge >= 0.3 is 7.12 Å². The molecule has 28 heavy (non-hydrogen) atoms. The topological polar surface area (TPSA) is 27.7 Å². The van der Waals surface area contributed by atoms with Gasteiger partial charge in [-0.15, -0.1) is 0 Å². The average molecular weight is 378 g/mol. The van der Waals surface area contributed by atoms with E-state index in [9.17, 15) is 0 Å². The molecule has 1 aliphatic rings. The minimum Gasteiger partial charge on any atom is -0.400 e. The third-order valence-corrected chi connectivity index (χ3v) is 5.79. The molecule has 0 unspecified atom stereocenters. The number of hydrogen-bond acceptors (Lipinski definition) is 3. The predicted octanol–water partition coefficient (Wildman–Crippen LogP) is 5.70. The molecule has 4 heteroatoms. The molecule has 1 heterocycles. The van der Waals surface area contributed by atoms with Gasteiger partial charge in [0.15, 0.2) is 0 Å². The maximum Gasteiger partial charge on any atom is 0.490 e. The summed E-state index contributed by atoms with van der Waals surface area (Å²) >= 11 is 0. The maximum atomic E-state index is 6.35. The molecule has 3 rings (SSSR count). The van der Waals surface area contributed by atoms with Crippen molar-refractivity contribution in [2.24, 2.45) is 0 Å². The van der Waals surface area contributed by atoms with Gasteiger partial charge in [-0.2, -0.15) is 0 Å². The van der Waals surface area contributed by atoms with Crippen LogP contribution in [-0.2, 0) is 20.7 Å². The molecule has 0 saturated carbocycles. The second kappa shape index (κ2) is 8.65. The Morgan fingerprint density at radius 3 is 1.93 bits per heavy atom. The Balaban J connectivity index is 1.88. The molecule has 0 N–H and O–H groups in total. The summed E-state index contributed by atoms with van der Waals surface area (Å²) in [5, 5.41) is 0. The molecule has 148 valence electrons. The fraction of sp³-hybridized carbons (Fsp3) is 0.417. The molecule has 0 radical (unpaired) electrons. The molecule has 0 amide bonds. The summed E-state index contributed by atoms with van der Waals surface area (Å²) < 4.78 is 18.8. The van der Waals surface area contributed by atoms with E-state index in [0.717, 1.165) is 23.0 Å². The predicted molar refractivity (Wildman–Crippen MR) is 116 cm³/mol. The monoisotopic (exact) mass is 378 g/mol. The van der Waals surface area contributed by atoms with Crippen LogP contribution in [0.2, 0.25) is 0 Å². The summed E-state index contributed by atoms with van der Waals surface area (Å²) in [5.41, 5.74) is 3.91. The average Bonchev–Trinajstić information content (AvgIpc) is 2.89. The van der Waals surface area contributed by atoms with E-state index in [0.29, 0.717) is 13.2 Å². The zero-order chi connectivity index (χ0) is 20.2. The number of hydrogen-bond donors (Lipinski definition) is 0. The number of ether oxygens (including phenoxy) is 1. The van der Waals surface area contributed by atoms with Gasteiger partial charge in [0.1, 0.15) is 0 Å². The lowest BCUT2D eigenvalue weighted by Crippen LogP contribution is -2.41. The lowest BCUT2D eigenvalue weighted by atomic mass is 9.72. The minimum absolute atomic E-state index is 0.356. The fourth-order valence-electron chi connectivity index (χ4n) is 3.35. The highest BCUT2D eigenvalue weighted by Crippen LogP contribution is 2.40. The summed E-state index contributed by atoms with van der Waals surface area (Å²) in [6, 6.07) is 20.7. The molecule has 0 aliphatic carbocycles. The van der Waals surface area contributed by atoms with E-state index >= 15 is 0 Å². The molecular weight excluding hydrogens is 347 g/mol. The second-order valence-corrected chi connectivity index (χ2v) is 8.29. The van der Waals surface area contributed by atoms with Crippen LogP contribution in [0.15, 0.2) is 66.1 Å². The largest absolute Gasteiger partial charge is 0.490 e. The Kier molecular flexibility index (Phi) is 6.44. The number of allylic oxidation sites excluding steroid dienone is 1. The van der Waals surface area contributed by atoms with E-state index in [1.807, 2.05) is 24.3 Å². The van der Waals surface area contributed by atoms with Crippen LogP contribution in [0.5, 0.6) is 0 Å². The van der Waals surface area contributed by atoms with Crippen molar-refractivity contribution in [1.29, 1.82) is 0 Å². The molecule has 1 saturated heterocycles. The van der Waals surface area contributed by atoms with Gasteiger partial charge in [0.05, 0.1) is 24.4 Å². The Labute approximate surface area is 169 Å². The van der Waals surface area contributed by atoms with Crippen LogP contribution in [0.25, 0.3) is 5.57 Å². The van der Waals surface area contributed by atoms with Crippen molar-refractivity contribution < 1.29 is 14.0 Å². The Bertz CT molecular complexity index is 781. The van der Waals surface area contributed by atoms with Gasteiger partial charge in [-0.25, -0.2) is 0 Å². The van der Waals surface area contributed by atoms with Crippen molar-refractivity contribution in [1.82, 2.24) is 0 Å². The quantitative estimate of drug-likeness (QED) is 0.579. The second-order valence-electron chi connectivity index (χ2n) is 8.29. The lowest BCUT2D eigenvalue weighted by Gasteiger charge is -2.32. The van der Waals surface area contributed by atoms with Crippen molar-refractivity contribution in [3.8, 4) is 0 Å². The van der Waals surface area contributed by atoms with E-state index < -0.39 is 0 Å².